The van der Waals surface area contributed by atoms with E-state index < -0.39 is 0 Å². The second-order valence-electron chi connectivity index (χ2n) is 5.01. The molecule has 1 aliphatic carbocycles. The van der Waals surface area contributed by atoms with Gasteiger partial charge in [0.2, 0.25) is 0 Å². The molecule has 0 unspecified atom stereocenters. The summed E-state index contributed by atoms with van der Waals surface area (Å²) in [6.45, 7) is 2.30. The van der Waals surface area contributed by atoms with Crippen LogP contribution in [0, 0.1) is 18.8 Å². The summed E-state index contributed by atoms with van der Waals surface area (Å²) in [5, 5.41) is 11.6. The highest BCUT2D eigenvalue weighted by atomic mass is 32.1. The van der Waals surface area contributed by atoms with E-state index in [4.69, 9.17) is 9.84 Å². The SMILES string of the molecule is COC1(CNC(=O)c2cc(C)c(C#CCO)s2)CCC1. The van der Waals surface area contributed by atoms with Crippen molar-refractivity contribution in [2.75, 3.05) is 20.3 Å². The molecule has 0 radical (unpaired) electrons. The highest BCUT2D eigenvalue weighted by Gasteiger charge is 2.37. The van der Waals surface area contributed by atoms with Gasteiger partial charge in [-0.1, -0.05) is 11.8 Å². The minimum atomic E-state index is -0.171. The van der Waals surface area contributed by atoms with Crippen molar-refractivity contribution in [1.82, 2.24) is 5.32 Å². The Morgan fingerprint density at radius 1 is 1.60 bits per heavy atom. The van der Waals surface area contributed by atoms with Crippen molar-refractivity contribution >= 4 is 17.2 Å². The number of carbonyl (C=O) groups is 1. The number of rotatable bonds is 4. The first-order valence-corrected chi connectivity index (χ1v) is 7.45. The number of aliphatic hydroxyl groups is 1. The van der Waals surface area contributed by atoms with Crippen LogP contribution in [0.4, 0.5) is 0 Å². The number of nitrogens with one attached hydrogen (secondary N) is 1. The van der Waals surface area contributed by atoms with Crippen molar-refractivity contribution in [1.29, 1.82) is 0 Å². The summed E-state index contributed by atoms with van der Waals surface area (Å²) >= 11 is 1.35. The van der Waals surface area contributed by atoms with Gasteiger partial charge in [-0.15, -0.1) is 11.3 Å². The zero-order valence-electron chi connectivity index (χ0n) is 11.8. The van der Waals surface area contributed by atoms with Gasteiger partial charge in [-0.2, -0.15) is 0 Å². The maximum Gasteiger partial charge on any atom is 0.261 e. The first kappa shape index (κ1) is 15.0. The molecule has 0 bridgehead atoms. The molecule has 0 aromatic carbocycles. The number of aryl methyl sites for hydroxylation is 1. The summed E-state index contributed by atoms with van der Waals surface area (Å²) in [7, 11) is 1.70. The normalized spacial score (nSPS) is 15.9. The van der Waals surface area contributed by atoms with E-state index in [9.17, 15) is 4.79 Å². The number of hydrogen-bond acceptors (Lipinski definition) is 4. The molecule has 4 nitrogen and oxygen atoms in total. The monoisotopic (exact) mass is 293 g/mol. The molecule has 1 fully saturated rings. The van der Waals surface area contributed by atoms with Gasteiger partial charge in [-0.25, -0.2) is 0 Å². The highest BCUT2D eigenvalue weighted by Crippen LogP contribution is 2.34. The van der Waals surface area contributed by atoms with Gasteiger partial charge in [0.05, 0.1) is 15.4 Å². The average Bonchev–Trinajstić information content (AvgIpc) is 2.77. The molecule has 0 atom stereocenters. The number of methoxy groups -OCH3 is 1. The molecule has 20 heavy (non-hydrogen) atoms. The third-order valence-corrected chi connectivity index (χ3v) is 4.84. The van der Waals surface area contributed by atoms with Gasteiger partial charge in [0.1, 0.15) is 6.61 Å². The summed E-state index contributed by atoms with van der Waals surface area (Å²) in [5.74, 6) is 5.38. The molecule has 1 aliphatic rings. The molecule has 5 heteroatoms. The van der Waals surface area contributed by atoms with Crippen LogP contribution in [0.15, 0.2) is 6.07 Å². The maximum atomic E-state index is 12.1. The molecule has 1 aromatic heterocycles. The van der Waals surface area contributed by atoms with E-state index >= 15 is 0 Å². The summed E-state index contributed by atoms with van der Waals surface area (Å²) in [6, 6.07) is 1.83. The molecule has 1 saturated carbocycles. The van der Waals surface area contributed by atoms with E-state index in [0.29, 0.717) is 11.4 Å². The van der Waals surface area contributed by atoms with Crippen molar-refractivity contribution < 1.29 is 14.6 Å². The van der Waals surface area contributed by atoms with Gasteiger partial charge < -0.3 is 15.2 Å². The molecule has 2 rings (SSSR count). The molecule has 2 N–H and O–H groups in total. The Morgan fingerprint density at radius 3 is 2.90 bits per heavy atom. The Kier molecular flexibility index (Phi) is 4.81. The highest BCUT2D eigenvalue weighted by molar-refractivity contribution is 7.14. The van der Waals surface area contributed by atoms with Gasteiger partial charge in [-0.3, -0.25) is 4.79 Å². The fourth-order valence-corrected chi connectivity index (χ4v) is 3.15. The maximum absolute atomic E-state index is 12.1. The molecular weight excluding hydrogens is 274 g/mol. The summed E-state index contributed by atoms with van der Waals surface area (Å²) < 4.78 is 5.48. The van der Waals surface area contributed by atoms with Crippen LogP contribution < -0.4 is 5.32 Å². The lowest BCUT2D eigenvalue weighted by Crippen LogP contribution is -2.49. The Hall–Kier alpha value is -1.35. The van der Waals surface area contributed by atoms with E-state index in [0.717, 1.165) is 29.7 Å². The van der Waals surface area contributed by atoms with Crippen LogP contribution in [0.5, 0.6) is 0 Å². The predicted molar refractivity (Wildman–Crippen MR) is 78.9 cm³/mol. The van der Waals surface area contributed by atoms with Gasteiger partial charge >= 0.3 is 0 Å². The molecule has 1 heterocycles. The molecule has 1 aromatic rings. The number of hydrogen-bond donors (Lipinski definition) is 2. The smallest absolute Gasteiger partial charge is 0.261 e. The largest absolute Gasteiger partial charge is 0.384 e. The van der Waals surface area contributed by atoms with Crippen LogP contribution in [-0.2, 0) is 4.74 Å². The van der Waals surface area contributed by atoms with Crippen molar-refractivity contribution in [3.63, 3.8) is 0 Å². The number of thiophene rings is 1. The molecule has 0 saturated heterocycles. The Labute approximate surface area is 123 Å². The van der Waals surface area contributed by atoms with Crippen LogP contribution in [-0.4, -0.2) is 36.9 Å². The standard InChI is InChI=1S/C15H19NO3S/c1-11-9-13(20-12(11)5-3-8-17)14(18)16-10-15(19-2)6-4-7-15/h9,17H,4,6-8,10H2,1-2H3,(H,16,18). The van der Waals surface area contributed by atoms with Crippen molar-refractivity contribution in [3.05, 3.63) is 21.4 Å². The van der Waals surface area contributed by atoms with E-state index in [2.05, 4.69) is 17.2 Å². The third kappa shape index (κ3) is 3.21. The van der Waals surface area contributed by atoms with E-state index in [-0.39, 0.29) is 18.1 Å². The quantitative estimate of drug-likeness (QED) is 0.831. The van der Waals surface area contributed by atoms with Gasteiger partial charge in [0.25, 0.3) is 5.91 Å². The first-order chi connectivity index (χ1) is 9.60. The van der Waals surface area contributed by atoms with Gasteiger partial charge in [0, 0.05) is 13.7 Å². The van der Waals surface area contributed by atoms with E-state index in [1.54, 1.807) is 7.11 Å². The summed E-state index contributed by atoms with van der Waals surface area (Å²) in [5.41, 5.74) is 0.799. The number of ether oxygens (including phenoxy) is 1. The van der Waals surface area contributed by atoms with Crippen molar-refractivity contribution in [3.8, 4) is 11.8 Å². The minimum Gasteiger partial charge on any atom is -0.384 e. The lowest BCUT2D eigenvalue weighted by molar-refractivity contribution is -0.0679. The fourth-order valence-electron chi connectivity index (χ4n) is 2.19. The third-order valence-electron chi connectivity index (χ3n) is 3.69. The van der Waals surface area contributed by atoms with Gasteiger partial charge in [0.15, 0.2) is 0 Å². The molecule has 0 aliphatic heterocycles. The second-order valence-corrected chi connectivity index (χ2v) is 6.06. The zero-order valence-corrected chi connectivity index (χ0v) is 12.6. The Balaban J connectivity index is 1.99. The molecular formula is C15H19NO3S. The number of carbonyl (C=O) groups excluding carboxylic acids is 1. The predicted octanol–water partition coefficient (Wildman–Crippen LogP) is 1.70. The van der Waals surface area contributed by atoms with Crippen LogP contribution in [0.2, 0.25) is 0 Å². The van der Waals surface area contributed by atoms with Crippen LogP contribution in [0.3, 0.4) is 0 Å². The number of aliphatic hydroxyl groups excluding tert-OH is 1. The van der Waals surface area contributed by atoms with Crippen LogP contribution in [0.25, 0.3) is 0 Å². The molecule has 1 amide bonds. The van der Waals surface area contributed by atoms with E-state index in [1.165, 1.54) is 11.3 Å². The number of amides is 1. The Bertz CT molecular complexity index is 544. The zero-order chi connectivity index (χ0) is 14.6. The minimum absolute atomic E-state index is 0.0847. The van der Waals surface area contributed by atoms with Crippen LogP contribution >= 0.6 is 11.3 Å². The summed E-state index contributed by atoms with van der Waals surface area (Å²) in [6.07, 6.45) is 3.16. The van der Waals surface area contributed by atoms with Crippen LogP contribution in [0.1, 0.15) is 39.4 Å². The molecule has 108 valence electrons. The Morgan fingerprint density at radius 2 is 2.35 bits per heavy atom. The topological polar surface area (TPSA) is 58.6 Å². The first-order valence-electron chi connectivity index (χ1n) is 6.64. The molecule has 0 spiro atoms. The summed E-state index contributed by atoms with van der Waals surface area (Å²) in [4.78, 5) is 13.6. The fraction of sp³-hybridized carbons (Fsp3) is 0.533. The van der Waals surface area contributed by atoms with Crippen molar-refractivity contribution in [2.45, 2.75) is 31.8 Å². The average molecular weight is 293 g/mol. The lowest BCUT2D eigenvalue weighted by atomic mass is 9.80. The van der Waals surface area contributed by atoms with Gasteiger partial charge in [-0.05, 0) is 37.8 Å². The lowest BCUT2D eigenvalue weighted by Gasteiger charge is -2.40. The second kappa shape index (κ2) is 6.40. The van der Waals surface area contributed by atoms with Crippen molar-refractivity contribution in [2.24, 2.45) is 0 Å². The van der Waals surface area contributed by atoms with E-state index in [1.807, 2.05) is 13.0 Å².